The standard InChI is InChI=1S/C13H23N3O2/c1-3-10(2)14-8-13(18)15-6-7-16-11(9-15)4-5-12(16)17/h10-11,14H,3-9H2,1-2H3. The molecule has 18 heavy (non-hydrogen) atoms. The molecule has 0 radical (unpaired) electrons. The molecule has 2 aliphatic heterocycles. The average Bonchev–Trinajstić information content (AvgIpc) is 2.76. The smallest absolute Gasteiger partial charge is 0.236 e. The van der Waals surface area contributed by atoms with Gasteiger partial charge in [0.2, 0.25) is 11.8 Å². The van der Waals surface area contributed by atoms with Crippen LogP contribution >= 0.6 is 0 Å². The average molecular weight is 253 g/mol. The maximum absolute atomic E-state index is 12.0. The molecule has 2 unspecified atom stereocenters. The molecule has 102 valence electrons. The van der Waals surface area contributed by atoms with E-state index < -0.39 is 0 Å². The van der Waals surface area contributed by atoms with E-state index in [4.69, 9.17) is 0 Å². The summed E-state index contributed by atoms with van der Waals surface area (Å²) in [5.74, 6) is 0.416. The van der Waals surface area contributed by atoms with E-state index in [1.807, 2.05) is 9.80 Å². The summed E-state index contributed by atoms with van der Waals surface area (Å²) in [4.78, 5) is 27.4. The van der Waals surface area contributed by atoms with Gasteiger partial charge in [0, 0.05) is 38.1 Å². The van der Waals surface area contributed by atoms with Crippen LogP contribution in [-0.2, 0) is 9.59 Å². The van der Waals surface area contributed by atoms with Gasteiger partial charge in [-0.3, -0.25) is 9.59 Å². The van der Waals surface area contributed by atoms with Gasteiger partial charge in [0.25, 0.3) is 0 Å². The van der Waals surface area contributed by atoms with Crippen molar-refractivity contribution in [3.63, 3.8) is 0 Å². The molecular weight excluding hydrogens is 230 g/mol. The minimum atomic E-state index is 0.161. The van der Waals surface area contributed by atoms with E-state index in [0.29, 0.717) is 38.6 Å². The molecule has 1 N–H and O–H groups in total. The zero-order valence-corrected chi connectivity index (χ0v) is 11.3. The van der Waals surface area contributed by atoms with E-state index >= 15 is 0 Å². The van der Waals surface area contributed by atoms with Crippen molar-refractivity contribution in [2.45, 2.75) is 45.2 Å². The van der Waals surface area contributed by atoms with Crippen LogP contribution < -0.4 is 5.32 Å². The lowest BCUT2D eigenvalue weighted by atomic mass is 10.1. The second kappa shape index (κ2) is 5.69. The van der Waals surface area contributed by atoms with Crippen molar-refractivity contribution in [2.24, 2.45) is 0 Å². The number of hydrogen-bond donors (Lipinski definition) is 1. The van der Waals surface area contributed by atoms with Crippen LogP contribution in [-0.4, -0.2) is 59.9 Å². The number of nitrogens with zero attached hydrogens (tertiary/aromatic N) is 2. The summed E-state index contributed by atoms with van der Waals surface area (Å²) in [5.41, 5.74) is 0. The third kappa shape index (κ3) is 2.83. The Kier molecular flexibility index (Phi) is 4.22. The molecule has 2 fully saturated rings. The van der Waals surface area contributed by atoms with Gasteiger partial charge in [0.1, 0.15) is 0 Å². The SMILES string of the molecule is CCC(C)NCC(=O)N1CCN2C(=O)CCC2C1. The normalized spacial score (nSPS) is 25.2. The van der Waals surface area contributed by atoms with E-state index in [-0.39, 0.29) is 17.9 Å². The Morgan fingerprint density at radius 2 is 2.28 bits per heavy atom. The number of carbonyl (C=O) groups is 2. The van der Waals surface area contributed by atoms with Gasteiger partial charge >= 0.3 is 0 Å². The second-order valence-corrected chi connectivity index (χ2v) is 5.31. The fourth-order valence-electron chi connectivity index (χ4n) is 2.61. The molecule has 5 nitrogen and oxygen atoms in total. The molecule has 0 bridgehead atoms. The molecular formula is C13H23N3O2. The molecule has 2 aliphatic rings. The molecule has 2 amide bonds. The molecule has 0 aliphatic carbocycles. The number of fused-ring (bicyclic) bond motifs is 1. The van der Waals surface area contributed by atoms with Crippen LogP contribution in [0.5, 0.6) is 0 Å². The fraction of sp³-hybridized carbons (Fsp3) is 0.846. The van der Waals surface area contributed by atoms with Crippen molar-refractivity contribution < 1.29 is 9.59 Å². The van der Waals surface area contributed by atoms with Crippen molar-refractivity contribution in [2.75, 3.05) is 26.2 Å². The summed E-state index contributed by atoms with van der Waals surface area (Å²) < 4.78 is 0. The topological polar surface area (TPSA) is 52.7 Å². The highest BCUT2D eigenvalue weighted by molar-refractivity contribution is 5.81. The molecule has 0 saturated carbocycles. The Labute approximate surface area is 108 Å². The van der Waals surface area contributed by atoms with Gasteiger partial charge < -0.3 is 15.1 Å². The van der Waals surface area contributed by atoms with Gasteiger partial charge in [0.05, 0.1) is 6.54 Å². The first-order valence-electron chi connectivity index (χ1n) is 6.92. The van der Waals surface area contributed by atoms with Crippen LogP contribution in [0.1, 0.15) is 33.1 Å². The maximum Gasteiger partial charge on any atom is 0.236 e. The lowest BCUT2D eigenvalue weighted by molar-refractivity contribution is -0.138. The van der Waals surface area contributed by atoms with Crippen LogP contribution in [0, 0.1) is 0 Å². The molecule has 0 aromatic rings. The van der Waals surface area contributed by atoms with Gasteiger partial charge in [-0.1, -0.05) is 6.92 Å². The van der Waals surface area contributed by atoms with Gasteiger partial charge in [-0.05, 0) is 19.8 Å². The third-order valence-corrected chi connectivity index (χ3v) is 4.06. The second-order valence-electron chi connectivity index (χ2n) is 5.31. The van der Waals surface area contributed by atoms with Crippen LogP contribution in [0.2, 0.25) is 0 Å². The highest BCUT2D eigenvalue weighted by Gasteiger charge is 2.36. The van der Waals surface area contributed by atoms with Crippen molar-refractivity contribution in [3.8, 4) is 0 Å². The van der Waals surface area contributed by atoms with Gasteiger partial charge in [-0.2, -0.15) is 0 Å². The molecule has 0 aromatic carbocycles. The fourth-order valence-corrected chi connectivity index (χ4v) is 2.61. The van der Waals surface area contributed by atoms with E-state index in [0.717, 1.165) is 12.8 Å². The Morgan fingerprint density at radius 1 is 1.50 bits per heavy atom. The van der Waals surface area contributed by atoms with Crippen molar-refractivity contribution >= 4 is 11.8 Å². The first-order chi connectivity index (χ1) is 8.61. The summed E-state index contributed by atoms with van der Waals surface area (Å²) in [5, 5.41) is 3.23. The van der Waals surface area contributed by atoms with Crippen molar-refractivity contribution in [1.29, 1.82) is 0 Å². The van der Waals surface area contributed by atoms with E-state index in [2.05, 4.69) is 19.2 Å². The van der Waals surface area contributed by atoms with Crippen molar-refractivity contribution in [1.82, 2.24) is 15.1 Å². The number of nitrogens with one attached hydrogen (secondary N) is 1. The Morgan fingerprint density at radius 3 is 3.00 bits per heavy atom. The molecule has 5 heteroatoms. The highest BCUT2D eigenvalue weighted by Crippen LogP contribution is 2.22. The summed E-state index contributed by atoms with van der Waals surface area (Å²) in [6.07, 6.45) is 2.58. The zero-order valence-electron chi connectivity index (χ0n) is 11.3. The molecule has 2 saturated heterocycles. The zero-order chi connectivity index (χ0) is 13.1. The predicted molar refractivity (Wildman–Crippen MR) is 69.1 cm³/mol. The van der Waals surface area contributed by atoms with Crippen LogP contribution in [0.25, 0.3) is 0 Å². The summed E-state index contributed by atoms with van der Waals surface area (Å²) >= 11 is 0. The predicted octanol–water partition coefficient (Wildman–Crippen LogP) is 0.208. The largest absolute Gasteiger partial charge is 0.338 e. The summed E-state index contributed by atoms with van der Waals surface area (Å²) in [6, 6.07) is 0.641. The molecule has 2 heterocycles. The first-order valence-corrected chi connectivity index (χ1v) is 6.92. The Balaban J connectivity index is 1.80. The van der Waals surface area contributed by atoms with Gasteiger partial charge in [-0.25, -0.2) is 0 Å². The summed E-state index contributed by atoms with van der Waals surface area (Å²) in [6.45, 7) is 6.70. The lowest BCUT2D eigenvalue weighted by Gasteiger charge is -2.37. The van der Waals surface area contributed by atoms with E-state index in [1.54, 1.807) is 0 Å². The minimum absolute atomic E-state index is 0.161. The molecule has 2 rings (SSSR count). The number of carbonyl (C=O) groups excluding carboxylic acids is 2. The van der Waals surface area contributed by atoms with Gasteiger partial charge in [0.15, 0.2) is 0 Å². The van der Waals surface area contributed by atoms with Crippen LogP contribution in [0.4, 0.5) is 0 Å². The van der Waals surface area contributed by atoms with Crippen LogP contribution in [0.3, 0.4) is 0 Å². The lowest BCUT2D eigenvalue weighted by Crippen LogP contribution is -2.55. The summed E-state index contributed by atoms with van der Waals surface area (Å²) in [7, 11) is 0. The maximum atomic E-state index is 12.0. The van der Waals surface area contributed by atoms with E-state index in [1.165, 1.54) is 0 Å². The number of piperazine rings is 1. The first kappa shape index (κ1) is 13.3. The number of amides is 2. The quantitative estimate of drug-likeness (QED) is 0.779. The van der Waals surface area contributed by atoms with Crippen molar-refractivity contribution in [3.05, 3.63) is 0 Å². The Hall–Kier alpha value is -1.10. The molecule has 0 spiro atoms. The number of hydrogen-bond acceptors (Lipinski definition) is 3. The number of rotatable bonds is 4. The monoisotopic (exact) mass is 253 g/mol. The molecule has 2 atom stereocenters. The highest BCUT2D eigenvalue weighted by atomic mass is 16.2. The van der Waals surface area contributed by atoms with E-state index in [9.17, 15) is 9.59 Å². The van der Waals surface area contributed by atoms with Crippen LogP contribution in [0.15, 0.2) is 0 Å². The Bertz CT molecular complexity index is 332. The third-order valence-electron chi connectivity index (χ3n) is 4.06. The minimum Gasteiger partial charge on any atom is -0.338 e. The van der Waals surface area contributed by atoms with Gasteiger partial charge in [-0.15, -0.1) is 0 Å². The molecule has 0 aromatic heterocycles.